The zero-order chi connectivity index (χ0) is 15.6. The third kappa shape index (κ3) is 4.12. The number of hydrogen-bond donors (Lipinski definition) is 3. The number of rotatable bonds is 6. The summed E-state index contributed by atoms with van der Waals surface area (Å²) in [6.45, 7) is 3.97. The molecule has 0 amide bonds. The molecule has 0 heterocycles. The van der Waals surface area contributed by atoms with Crippen molar-refractivity contribution in [3.05, 3.63) is 23.8 Å². The first kappa shape index (κ1) is 16.8. The van der Waals surface area contributed by atoms with E-state index in [1.165, 1.54) is 23.9 Å². The van der Waals surface area contributed by atoms with Gasteiger partial charge in [-0.3, -0.25) is 0 Å². The van der Waals surface area contributed by atoms with Crippen molar-refractivity contribution in [1.29, 1.82) is 0 Å². The molecule has 1 aromatic rings. The number of sulfonamides is 1. The maximum atomic E-state index is 12.2. The second-order valence-corrected chi connectivity index (χ2v) is 8.10. The smallest absolute Gasteiger partial charge is 0.337 e. The monoisotopic (exact) mass is 318 g/mol. The van der Waals surface area contributed by atoms with E-state index < -0.39 is 16.0 Å². The van der Waals surface area contributed by atoms with Crippen LogP contribution in [0.1, 0.15) is 24.2 Å². The fraction of sp³-hybridized carbons (Fsp3) is 0.417. The molecule has 0 atom stereocenters. The first-order valence-corrected chi connectivity index (χ1v) is 8.47. The summed E-state index contributed by atoms with van der Waals surface area (Å²) in [5, 5.41) is 9.08. The minimum atomic E-state index is -3.90. The number of nitrogens with two attached hydrogens (primary N) is 1. The number of aromatic carboxylic acids is 1. The Balaban J connectivity index is 3.13. The third-order valence-corrected chi connectivity index (χ3v) is 5.47. The molecular weight excluding hydrogens is 300 g/mol. The molecule has 0 saturated carbocycles. The fourth-order valence-electron chi connectivity index (χ4n) is 1.37. The molecule has 0 aliphatic carbocycles. The number of carboxylic acid groups (broad SMARTS) is 1. The molecule has 0 aliphatic heterocycles. The molecule has 0 bridgehead atoms. The van der Waals surface area contributed by atoms with Gasteiger partial charge < -0.3 is 10.8 Å². The Morgan fingerprint density at radius 1 is 1.45 bits per heavy atom. The van der Waals surface area contributed by atoms with Gasteiger partial charge in [-0.15, -0.1) is 0 Å². The number of thioether (sulfide) groups is 1. The van der Waals surface area contributed by atoms with Gasteiger partial charge in [0.25, 0.3) is 0 Å². The van der Waals surface area contributed by atoms with E-state index in [0.717, 1.165) is 6.07 Å². The fourth-order valence-corrected chi connectivity index (χ4v) is 3.06. The Morgan fingerprint density at radius 3 is 2.55 bits per heavy atom. The zero-order valence-electron chi connectivity index (χ0n) is 11.5. The second kappa shape index (κ2) is 6.02. The van der Waals surface area contributed by atoms with Gasteiger partial charge in [0.1, 0.15) is 0 Å². The molecule has 1 rings (SSSR count). The van der Waals surface area contributed by atoms with Crippen LogP contribution < -0.4 is 10.5 Å². The van der Waals surface area contributed by atoms with E-state index in [1.54, 1.807) is 0 Å². The van der Waals surface area contributed by atoms with Crippen LogP contribution in [0.15, 0.2) is 23.1 Å². The van der Waals surface area contributed by atoms with E-state index >= 15 is 0 Å². The average molecular weight is 318 g/mol. The van der Waals surface area contributed by atoms with E-state index in [1.807, 2.05) is 20.1 Å². The lowest BCUT2D eigenvalue weighted by molar-refractivity contribution is 0.0692. The van der Waals surface area contributed by atoms with Gasteiger partial charge in [-0.05, 0) is 38.3 Å². The largest absolute Gasteiger partial charge is 0.478 e. The minimum Gasteiger partial charge on any atom is -0.478 e. The van der Waals surface area contributed by atoms with Gasteiger partial charge in [0.05, 0.1) is 10.5 Å². The summed E-state index contributed by atoms with van der Waals surface area (Å²) in [4.78, 5) is 10.8. The molecule has 6 nitrogen and oxygen atoms in total. The molecule has 0 spiro atoms. The highest BCUT2D eigenvalue weighted by Crippen LogP contribution is 2.22. The van der Waals surface area contributed by atoms with Crippen molar-refractivity contribution in [2.24, 2.45) is 0 Å². The van der Waals surface area contributed by atoms with Crippen molar-refractivity contribution in [3.8, 4) is 0 Å². The SMILES string of the molecule is CSC(C)(C)CNS(=O)(=O)c1ccc(N)cc1C(=O)O. The van der Waals surface area contributed by atoms with E-state index in [-0.39, 0.29) is 27.4 Å². The lowest BCUT2D eigenvalue weighted by Crippen LogP contribution is -2.36. The molecule has 4 N–H and O–H groups in total. The van der Waals surface area contributed by atoms with E-state index in [0.29, 0.717) is 0 Å². The number of nitrogens with one attached hydrogen (secondary N) is 1. The Morgan fingerprint density at radius 2 is 2.05 bits per heavy atom. The lowest BCUT2D eigenvalue weighted by Gasteiger charge is -2.22. The Labute approximate surface area is 122 Å². The topological polar surface area (TPSA) is 109 Å². The molecule has 0 saturated heterocycles. The Kier molecular flexibility index (Phi) is 5.06. The van der Waals surface area contributed by atoms with Crippen LogP contribution in [0.3, 0.4) is 0 Å². The molecule has 0 radical (unpaired) electrons. The number of hydrogen-bond acceptors (Lipinski definition) is 5. The van der Waals surface area contributed by atoms with Crippen LogP contribution in [0.5, 0.6) is 0 Å². The van der Waals surface area contributed by atoms with Crippen molar-refractivity contribution >= 4 is 33.4 Å². The second-order valence-electron chi connectivity index (χ2n) is 4.85. The number of benzene rings is 1. The maximum absolute atomic E-state index is 12.2. The van der Waals surface area contributed by atoms with Crippen LogP contribution in [0.4, 0.5) is 5.69 Å². The van der Waals surface area contributed by atoms with Crippen LogP contribution in [0, 0.1) is 0 Å². The van der Waals surface area contributed by atoms with Gasteiger partial charge in [-0.25, -0.2) is 17.9 Å². The summed E-state index contributed by atoms with van der Waals surface area (Å²) in [5.41, 5.74) is 5.36. The summed E-state index contributed by atoms with van der Waals surface area (Å²) < 4.78 is 26.6. The zero-order valence-corrected chi connectivity index (χ0v) is 13.1. The number of carbonyl (C=O) groups is 1. The molecule has 8 heteroatoms. The van der Waals surface area contributed by atoms with Crippen molar-refractivity contribution in [2.45, 2.75) is 23.5 Å². The quantitative estimate of drug-likeness (QED) is 0.684. The summed E-state index contributed by atoms with van der Waals surface area (Å²) in [6, 6.07) is 3.70. The van der Waals surface area contributed by atoms with Gasteiger partial charge in [0.15, 0.2) is 0 Å². The van der Waals surface area contributed by atoms with E-state index in [9.17, 15) is 13.2 Å². The first-order valence-electron chi connectivity index (χ1n) is 5.77. The van der Waals surface area contributed by atoms with Crippen LogP contribution in [0.2, 0.25) is 0 Å². The van der Waals surface area contributed by atoms with Gasteiger partial charge in [0.2, 0.25) is 10.0 Å². The number of anilines is 1. The van der Waals surface area contributed by atoms with Crippen LogP contribution >= 0.6 is 11.8 Å². The van der Waals surface area contributed by atoms with E-state index in [4.69, 9.17) is 10.8 Å². The highest BCUT2D eigenvalue weighted by atomic mass is 32.2. The molecule has 112 valence electrons. The van der Waals surface area contributed by atoms with Gasteiger partial charge in [-0.1, -0.05) is 0 Å². The third-order valence-electron chi connectivity index (χ3n) is 2.76. The van der Waals surface area contributed by atoms with Crippen LogP contribution in [-0.4, -0.2) is 37.0 Å². The van der Waals surface area contributed by atoms with Crippen molar-refractivity contribution < 1.29 is 18.3 Å². The summed E-state index contributed by atoms with van der Waals surface area (Å²) in [7, 11) is -3.90. The summed E-state index contributed by atoms with van der Waals surface area (Å²) >= 11 is 1.51. The normalized spacial score (nSPS) is 12.3. The maximum Gasteiger partial charge on any atom is 0.337 e. The molecule has 20 heavy (non-hydrogen) atoms. The Hall–Kier alpha value is -1.25. The number of nitrogen functional groups attached to an aromatic ring is 1. The summed E-state index contributed by atoms with van der Waals surface area (Å²) in [6.07, 6.45) is 1.88. The predicted octanol–water partition coefficient (Wildman–Crippen LogP) is 1.39. The molecule has 1 aromatic carbocycles. The summed E-state index contributed by atoms with van der Waals surface area (Å²) in [5.74, 6) is -1.33. The average Bonchev–Trinajstić information content (AvgIpc) is 2.36. The van der Waals surface area contributed by atoms with Crippen molar-refractivity contribution in [3.63, 3.8) is 0 Å². The molecule has 0 aromatic heterocycles. The minimum absolute atomic E-state index is 0.194. The highest BCUT2D eigenvalue weighted by molar-refractivity contribution is 8.00. The molecule has 0 fully saturated rings. The van der Waals surface area contributed by atoms with Crippen molar-refractivity contribution in [2.75, 3.05) is 18.5 Å². The highest BCUT2D eigenvalue weighted by Gasteiger charge is 2.25. The number of carboxylic acids is 1. The molecule has 0 aliphatic rings. The Bertz CT molecular complexity index is 612. The first-order chi connectivity index (χ1) is 9.09. The van der Waals surface area contributed by atoms with Crippen LogP contribution in [-0.2, 0) is 10.0 Å². The molecule has 0 unspecified atom stereocenters. The lowest BCUT2D eigenvalue weighted by atomic mass is 10.2. The van der Waals surface area contributed by atoms with Crippen LogP contribution in [0.25, 0.3) is 0 Å². The standard InChI is InChI=1S/C12H18N2O4S2/c1-12(2,19-3)7-14-20(17,18)10-5-4-8(13)6-9(10)11(15)16/h4-6,14H,7,13H2,1-3H3,(H,15,16). The van der Waals surface area contributed by atoms with Gasteiger partial charge in [0, 0.05) is 17.0 Å². The van der Waals surface area contributed by atoms with E-state index in [2.05, 4.69) is 4.72 Å². The van der Waals surface area contributed by atoms with Crippen molar-refractivity contribution in [1.82, 2.24) is 4.72 Å². The van der Waals surface area contributed by atoms with Gasteiger partial charge in [-0.2, -0.15) is 11.8 Å². The van der Waals surface area contributed by atoms with Gasteiger partial charge >= 0.3 is 5.97 Å². The molecular formula is C12H18N2O4S2. The predicted molar refractivity (Wildman–Crippen MR) is 80.6 cm³/mol.